The molecule has 0 spiro atoms. The summed E-state index contributed by atoms with van der Waals surface area (Å²) in [6, 6.07) is 6.88. The van der Waals surface area contributed by atoms with Crippen molar-refractivity contribution in [2.75, 3.05) is 32.8 Å². The predicted octanol–water partition coefficient (Wildman–Crippen LogP) is 2.93. The number of piperazine rings is 1. The van der Waals surface area contributed by atoms with Crippen molar-refractivity contribution >= 4 is 0 Å². The van der Waals surface area contributed by atoms with E-state index in [0.29, 0.717) is 12.0 Å². The average molecular weight is 375 g/mol. The molecule has 1 fully saturated rings. The maximum absolute atomic E-state index is 13.4. The fraction of sp³-hybridized carbons (Fsp3) is 0.571. The molecule has 1 N–H and O–H groups in total. The number of rotatable bonds is 8. The molecule has 2 aromatic rings. The molecule has 1 aromatic carbocycles. The standard InChI is InChI=1S/C21H31FN4O/c1-17(2)6-8-25-10-9-24(16-21(25)7-11-27)14-18-13-23-26(15-18)20-5-3-4-19(22)12-20/h3-5,12-13,15,17,21,27H,6-11,14,16H2,1-2H3/t21-/m0/s1. The van der Waals surface area contributed by atoms with Crippen LogP contribution in [0.3, 0.4) is 0 Å². The van der Waals surface area contributed by atoms with Crippen molar-refractivity contribution in [2.24, 2.45) is 5.92 Å². The minimum absolute atomic E-state index is 0.230. The van der Waals surface area contributed by atoms with E-state index in [1.54, 1.807) is 10.7 Å². The van der Waals surface area contributed by atoms with E-state index in [0.717, 1.165) is 50.4 Å². The first-order valence-corrected chi connectivity index (χ1v) is 9.92. The summed E-state index contributed by atoms with van der Waals surface area (Å²) in [5.41, 5.74) is 1.86. The lowest BCUT2D eigenvalue weighted by Crippen LogP contribution is -2.53. The molecule has 1 atom stereocenters. The Hall–Kier alpha value is -1.76. The minimum atomic E-state index is -0.256. The number of benzene rings is 1. The zero-order chi connectivity index (χ0) is 19.2. The summed E-state index contributed by atoms with van der Waals surface area (Å²) in [5, 5.41) is 13.8. The summed E-state index contributed by atoms with van der Waals surface area (Å²) < 4.78 is 15.1. The van der Waals surface area contributed by atoms with Crippen molar-refractivity contribution in [3.05, 3.63) is 48.0 Å². The van der Waals surface area contributed by atoms with Gasteiger partial charge in [-0.1, -0.05) is 19.9 Å². The number of halogens is 1. The van der Waals surface area contributed by atoms with E-state index in [1.807, 2.05) is 18.5 Å². The highest BCUT2D eigenvalue weighted by Gasteiger charge is 2.26. The second-order valence-electron chi connectivity index (χ2n) is 7.89. The molecule has 1 saturated heterocycles. The van der Waals surface area contributed by atoms with Crippen LogP contribution in [0.1, 0.15) is 32.3 Å². The van der Waals surface area contributed by atoms with E-state index in [1.165, 1.54) is 18.6 Å². The zero-order valence-corrected chi connectivity index (χ0v) is 16.4. The monoisotopic (exact) mass is 374 g/mol. The third-order valence-electron chi connectivity index (χ3n) is 5.26. The molecular formula is C21H31FN4O. The normalized spacial score (nSPS) is 19.1. The average Bonchev–Trinajstić information content (AvgIpc) is 3.10. The molecule has 148 valence electrons. The van der Waals surface area contributed by atoms with E-state index in [4.69, 9.17) is 0 Å². The van der Waals surface area contributed by atoms with Crippen molar-refractivity contribution in [1.82, 2.24) is 19.6 Å². The van der Waals surface area contributed by atoms with E-state index in [9.17, 15) is 9.50 Å². The van der Waals surface area contributed by atoms with Crippen LogP contribution in [-0.4, -0.2) is 63.5 Å². The summed E-state index contributed by atoms with van der Waals surface area (Å²) in [4.78, 5) is 4.96. The van der Waals surface area contributed by atoms with Crippen LogP contribution in [0, 0.1) is 11.7 Å². The SMILES string of the molecule is CC(C)CCN1CCN(Cc2cnn(-c3cccc(F)c3)c2)C[C@@H]1CCO. The summed E-state index contributed by atoms with van der Waals surface area (Å²) in [6.45, 7) is 9.70. The zero-order valence-electron chi connectivity index (χ0n) is 16.4. The molecule has 2 heterocycles. The molecule has 6 heteroatoms. The fourth-order valence-corrected chi connectivity index (χ4v) is 3.70. The van der Waals surface area contributed by atoms with Gasteiger partial charge >= 0.3 is 0 Å². The molecule has 1 aliphatic rings. The third kappa shape index (κ3) is 5.61. The van der Waals surface area contributed by atoms with E-state index in [2.05, 4.69) is 28.7 Å². The maximum Gasteiger partial charge on any atom is 0.125 e. The van der Waals surface area contributed by atoms with Gasteiger partial charge < -0.3 is 5.11 Å². The Bertz CT molecular complexity index is 718. The first-order chi connectivity index (χ1) is 13.0. The Kier molecular flexibility index (Phi) is 6.99. The van der Waals surface area contributed by atoms with Crippen molar-refractivity contribution < 1.29 is 9.50 Å². The van der Waals surface area contributed by atoms with Crippen LogP contribution in [-0.2, 0) is 6.54 Å². The van der Waals surface area contributed by atoms with Gasteiger partial charge in [-0.15, -0.1) is 0 Å². The van der Waals surface area contributed by atoms with Crippen LogP contribution in [0.25, 0.3) is 5.69 Å². The molecule has 5 nitrogen and oxygen atoms in total. The van der Waals surface area contributed by atoms with Gasteiger partial charge in [0.2, 0.25) is 0 Å². The second-order valence-corrected chi connectivity index (χ2v) is 7.89. The molecule has 1 aliphatic heterocycles. The van der Waals surface area contributed by atoms with Crippen molar-refractivity contribution in [3.8, 4) is 5.69 Å². The number of aliphatic hydroxyl groups is 1. The smallest absolute Gasteiger partial charge is 0.125 e. The number of hydrogen-bond donors (Lipinski definition) is 1. The third-order valence-corrected chi connectivity index (χ3v) is 5.26. The Morgan fingerprint density at radius 3 is 2.89 bits per heavy atom. The first-order valence-electron chi connectivity index (χ1n) is 9.92. The van der Waals surface area contributed by atoms with Gasteiger partial charge in [-0.25, -0.2) is 9.07 Å². The fourth-order valence-electron chi connectivity index (χ4n) is 3.70. The van der Waals surface area contributed by atoms with Crippen molar-refractivity contribution in [1.29, 1.82) is 0 Å². The van der Waals surface area contributed by atoms with Crippen LogP contribution < -0.4 is 0 Å². The molecule has 0 radical (unpaired) electrons. The summed E-state index contributed by atoms with van der Waals surface area (Å²) in [6.07, 6.45) is 5.84. The summed E-state index contributed by atoms with van der Waals surface area (Å²) in [7, 11) is 0. The van der Waals surface area contributed by atoms with Gasteiger partial charge in [0.25, 0.3) is 0 Å². The summed E-state index contributed by atoms with van der Waals surface area (Å²) in [5.74, 6) is 0.445. The van der Waals surface area contributed by atoms with Crippen molar-refractivity contribution in [3.63, 3.8) is 0 Å². The van der Waals surface area contributed by atoms with Gasteiger partial charge in [0.05, 0.1) is 11.9 Å². The van der Waals surface area contributed by atoms with Crippen molar-refractivity contribution in [2.45, 2.75) is 39.3 Å². The topological polar surface area (TPSA) is 44.5 Å². The number of nitrogens with zero attached hydrogens (tertiary/aromatic N) is 4. The van der Waals surface area contributed by atoms with Crippen LogP contribution in [0.2, 0.25) is 0 Å². The van der Waals surface area contributed by atoms with E-state index in [-0.39, 0.29) is 12.4 Å². The van der Waals surface area contributed by atoms with Gasteiger partial charge in [0.15, 0.2) is 0 Å². The van der Waals surface area contributed by atoms with E-state index >= 15 is 0 Å². The highest BCUT2D eigenvalue weighted by Crippen LogP contribution is 2.18. The number of aromatic nitrogens is 2. The van der Waals surface area contributed by atoms with Gasteiger partial charge in [0, 0.05) is 50.6 Å². The maximum atomic E-state index is 13.4. The molecule has 27 heavy (non-hydrogen) atoms. The Morgan fingerprint density at radius 2 is 2.15 bits per heavy atom. The Labute approximate surface area is 161 Å². The molecule has 1 aromatic heterocycles. The Balaban J connectivity index is 1.60. The summed E-state index contributed by atoms with van der Waals surface area (Å²) >= 11 is 0. The van der Waals surface area contributed by atoms with Gasteiger partial charge in [-0.05, 0) is 43.5 Å². The van der Waals surface area contributed by atoms with Crippen LogP contribution in [0.4, 0.5) is 4.39 Å². The predicted molar refractivity (Wildman–Crippen MR) is 105 cm³/mol. The lowest BCUT2D eigenvalue weighted by molar-refractivity contribution is 0.0524. The second kappa shape index (κ2) is 9.44. The van der Waals surface area contributed by atoms with E-state index < -0.39 is 0 Å². The molecule has 0 bridgehead atoms. The minimum Gasteiger partial charge on any atom is -0.396 e. The number of hydrogen-bond acceptors (Lipinski definition) is 4. The largest absolute Gasteiger partial charge is 0.396 e. The highest BCUT2D eigenvalue weighted by molar-refractivity contribution is 5.31. The quantitative estimate of drug-likeness (QED) is 0.772. The molecule has 0 amide bonds. The van der Waals surface area contributed by atoms with Gasteiger partial charge in [-0.2, -0.15) is 5.10 Å². The lowest BCUT2D eigenvalue weighted by Gasteiger charge is -2.41. The molecule has 0 unspecified atom stereocenters. The molecule has 3 rings (SSSR count). The Morgan fingerprint density at radius 1 is 1.30 bits per heavy atom. The first kappa shape index (κ1) is 20.0. The van der Waals surface area contributed by atoms with Gasteiger partial charge in [0.1, 0.15) is 5.82 Å². The molecule has 0 saturated carbocycles. The highest BCUT2D eigenvalue weighted by atomic mass is 19.1. The number of aliphatic hydroxyl groups excluding tert-OH is 1. The molecular weight excluding hydrogens is 343 g/mol. The molecule has 0 aliphatic carbocycles. The lowest BCUT2D eigenvalue weighted by atomic mass is 10.1. The van der Waals surface area contributed by atoms with Crippen LogP contribution >= 0.6 is 0 Å². The van der Waals surface area contributed by atoms with Crippen LogP contribution in [0.15, 0.2) is 36.7 Å². The van der Waals surface area contributed by atoms with Gasteiger partial charge in [-0.3, -0.25) is 9.80 Å². The van der Waals surface area contributed by atoms with Crippen LogP contribution in [0.5, 0.6) is 0 Å².